The van der Waals surface area contributed by atoms with Crippen LogP contribution in [0.5, 0.6) is 0 Å². The minimum Gasteiger partial charge on any atom is -0.462 e. The molecule has 1 N–H and O–H groups in total. The molecule has 1 aromatic carbocycles. The normalized spacial score (nSPS) is 17.0. The van der Waals surface area contributed by atoms with E-state index in [1.165, 1.54) is 19.3 Å². The van der Waals surface area contributed by atoms with Crippen LogP contribution in [0.3, 0.4) is 0 Å². The Kier molecular flexibility index (Phi) is 5.99. The quantitative estimate of drug-likeness (QED) is 0.794. The average molecular weight is 355 g/mol. The Morgan fingerprint density at radius 3 is 2.81 bits per heavy atom. The fourth-order valence-electron chi connectivity index (χ4n) is 3.25. The molecule has 0 aliphatic carbocycles. The molecule has 1 unspecified atom stereocenters. The van der Waals surface area contributed by atoms with Crippen LogP contribution in [0.1, 0.15) is 49.9 Å². The minimum atomic E-state index is -0.324. The van der Waals surface area contributed by atoms with E-state index in [0.717, 1.165) is 24.5 Å². The van der Waals surface area contributed by atoms with Gasteiger partial charge in [0, 0.05) is 18.3 Å². The van der Waals surface area contributed by atoms with Crippen molar-refractivity contribution in [1.29, 1.82) is 0 Å². The monoisotopic (exact) mass is 355 g/mol. The molecule has 26 heavy (non-hydrogen) atoms. The van der Waals surface area contributed by atoms with E-state index in [1.807, 2.05) is 0 Å². The lowest BCUT2D eigenvalue weighted by Gasteiger charge is -2.35. The number of hydrogen-bond acceptors (Lipinski definition) is 7. The molecule has 0 saturated carbocycles. The van der Waals surface area contributed by atoms with Gasteiger partial charge in [0.05, 0.1) is 18.4 Å². The van der Waals surface area contributed by atoms with Crippen molar-refractivity contribution in [3.05, 3.63) is 36.0 Å². The van der Waals surface area contributed by atoms with E-state index in [0.29, 0.717) is 24.2 Å². The minimum absolute atomic E-state index is 0.324. The number of aromatic nitrogens is 3. The summed E-state index contributed by atoms with van der Waals surface area (Å²) in [5.41, 5.74) is 1.31. The summed E-state index contributed by atoms with van der Waals surface area (Å²) in [4.78, 5) is 18.7. The van der Waals surface area contributed by atoms with Crippen molar-refractivity contribution in [2.45, 2.75) is 45.6 Å². The number of hydrogen-bond donors (Lipinski definition) is 1. The van der Waals surface area contributed by atoms with Gasteiger partial charge in [0.1, 0.15) is 0 Å². The van der Waals surface area contributed by atoms with Crippen LogP contribution in [0.25, 0.3) is 0 Å². The lowest BCUT2D eigenvalue weighted by Crippen LogP contribution is -2.39. The lowest BCUT2D eigenvalue weighted by molar-refractivity contribution is 0.0526. The fourth-order valence-corrected chi connectivity index (χ4v) is 3.25. The molecule has 3 rings (SSSR count). The molecule has 1 fully saturated rings. The van der Waals surface area contributed by atoms with Crippen LogP contribution in [-0.2, 0) is 4.74 Å². The van der Waals surface area contributed by atoms with E-state index in [1.54, 1.807) is 37.4 Å². The molecule has 0 amide bonds. The van der Waals surface area contributed by atoms with Crippen LogP contribution in [0, 0.1) is 0 Å². The summed E-state index contributed by atoms with van der Waals surface area (Å²) in [6.45, 7) is 5.36. The number of benzene rings is 1. The van der Waals surface area contributed by atoms with Gasteiger partial charge in [-0.15, -0.1) is 5.10 Å². The van der Waals surface area contributed by atoms with E-state index < -0.39 is 0 Å². The number of piperidine rings is 1. The molecular formula is C19H25N5O2. The van der Waals surface area contributed by atoms with Gasteiger partial charge in [-0.3, -0.25) is 0 Å². The Morgan fingerprint density at radius 1 is 1.27 bits per heavy atom. The molecule has 0 spiro atoms. The number of carbonyl (C=O) groups is 1. The molecule has 2 heterocycles. The molecule has 138 valence electrons. The van der Waals surface area contributed by atoms with E-state index in [4.69, 9.17) is 4.74 Å². The van der Waals surface area contributed by atoms with Gasteiger partial charge in [-0.1, -0.05) is 6.92 Å². The number of ether oxygens (including phenoxy) is 1. The number of anilines is 3. The van der Waals surface area contributed by atoms with Crippen molar-refractivity contribution >= 4 is 23.4 Å². The van der Waals surface area contributed by atoms with Gasteiger partial charge < -0.3 is 15.0 Å². The second-order valence-corrected chi connectivity index (χ2v) is 6.31. The standard InChI is InChI=1S/C19H25N5O2/c1-3-16-7-5-6-12-24(16)17-13-20-23-19(22-17)21-15-10-8-14(9-11-15)18(25)26-4-2/h8-11,13,16H,3-7,12H2,1-2H3,(H,21,22,23). The third-order valence-corrected chi connectivity index (χ3v) is 4.59. The molecule has 1 aliphatic rings. The molecule has 0 radical (unpaired) electrons. The molecule has 1 saturated heterocycles. The molecule has 7 nitrogen and oxygen atoms in total. The van der Waals surface area contributed by atoms with Crippen molar-refractivity contribution in [2.24, 2.45) is 0 Å². The smallest absolute Gasteiger partial charge is 0.338 e. The first-order valence-electron chi connectivity index (χ1n) is 9.21. The van der Waals surface area contributed by atoms with Gasteiger partial charge in [0.2, 0.25) is 5.95 Å². The highest BCUT2D eigenvalue weighted by Gasteiger charge is 2.22. The first-order chi connectivity index (χ1) is 12.7. The highest BCUT2D eigenvalue weighted by molar-refractivity contribution is 5.89. The molecule has 0 bridgehead atoms. The van der Waals surface area contributed by atoms with Crippen LogP contribution >= 0.6 is 0 Å². The Labute approximate surface area is 153 Å². The predicted octanol–water partition coefficient (Wildman–Crippen LogP) is 3.56. The third kappa shape index (κ3) is 4.28. The zero-order chi connectivity index (χ0) is 18.4. The fraction of sp³-hybridized carbons (Fsp3) is 0.474. The van der Waals surface area contributed by atoms with Crippen LogP contribution in [0.2, 0.25) is 0 Å². The van der Waals surface area contributed by atoms with Gasteiger partial charge in [-0.05, 0) is 56.9 Å². The molecule has 7 heteroatoms. The Morgan fingerprint density at radius 2 is 2.08 bits per heavy atom. The first-order valence-corrected chi connectivity index (χ1v) is 9.21. The number of esters is 1. The molecule has 1 atom stereocenters. The van der Waals surface area contributed by atoms with E-state index >= 15 is 0 Å². The summed E-state index contributed by atoms with van der Waals surface area (Å²) in [6.07, 6.45) is 6.47. The zero-order valence-electron chi connectivity index (χ0n) is 15.3. The van der Waals surface area contributed by atoms with E-state index in [-0.39, 0.29) is 5.97 Å². The largest absolute Gasteiger partial charge is 0.462 e. The molecule has 2 aromatic rings. The van der Waals surface area contributed by atoms with E-state index in [9.17, 15) is 4.79 Å². The van der Waals surface area contributed by atoms with Crippen LogP contribution in [-0.4, -0.2) is 40.3 Å². The lowest BCUT2D eigenvalue weighted by atomic mass is 10.0. The van der Waals surface area contributed by atoms with Crippen LogP contribution in [0.4, 0.5) is 17.5 Å². The topological polar surface area (TPSA) is 80.2 Å². The van der Waals surface area contributed by atoms with Gasteiger partial charge in [-0.2, -0.15) is 10.1 Å². The highest BCUT2D eigenvalue weighted by Crippen LogP contribution is 2.25. The van der Waals surface area contributed by atoms with E-state index in [2.05, 4.69) is 32.3 Å². The number of carbonyl (C=O) groups excluding carboxylic acids is 1. The summed E-state index contributed by atoms with van der Waals surface area (Å²) in [5.74, 6) is 0.985. The van der Waals surface area contributed by atoms with Crippen molar-refractivity contribution in [1.82, 2.24) is 15.2 Å². The Hall–Kier alpha value is -2.70. The maximum absolute atomic E-state index is 11.7. The summed E-state index contributed by atoms with van der Waals surface area (Å²) < 4.78 is 4.99. The number of nitrogens with zero attached hydrogens (tertiary/aromatic N) is 4. The van der Waals surface area contributed by atoms with Gasteiger partial charge >= 0.3 is 5.97 Å². The second kappa shape index (κ2) is 8.60. The van der Waals surface area contributed by atoms with Crippen LogP contribution in [0.15, 0.2) is 30.5 Å². The Balaban J connectivity index is 1.71. The number of nitrogens with one attached hydrogen (secondary N) is 1. The summed E-state index contributed by atoms with van der Waals surface area (Å²) in [7, 11) is 0. The predicted molar refractivity (Wildman–Crippen MR) is 101 cm³/mol. The molecule has 1 aliphatic heterocycles. The Bertz CT molecular complexity index is 735. The highest BCUT2D eigenvalue weighted by atomic mass is 16.5. The van der Waals surface area contributed by atoms with Crippen LogP contribution < -0.4 is 10.2 Å². The van der Waals surface area contributed by atoms with Crippen molar-refractivity contribution in [3.8, 4) is 0 Å². The maximum atomic E-state index is 11.7. The second-order valence-electron chi connectivity index (χ2n) is 6.31. The average Bonchev–Trinajstić information content (AvgIpc) is 2.69. The molecular weight excluding hydrogens is 330 g/mol. The number of rotatable bonds is 6. The summed E-state index contributed by atoms with van der Waals surface area (Å²) in [6, 6.07) is 7.55. The van der Waals surface area contributed by atoms with Gasteiger partial charge in [0.15, 0.2) is 5.82 Å². The summed E-state index contributed by atoms with van der Waals surface area (Å²) in [5, 5.41) is 11.3. The zero-order valence-corrected chi connectivity index (χ0v) is 15.3. The van der Waals surface area contributed by atoms with Crippen molar-refractivity contribution in [3.63, 3.8) is 0 Å². The first kappa shape index (κ1) is 18.1. The third-order valence-electron chi connectivity index (χ3n) is 4.59. The van der Waals surface area contributed by atoms with Gasteiger partial charge in [0.25, 0.3) is 0 Å². The van der Waals surface area contributed by atoms with Crippen molar-refractivity contribution < 1.29 is 9.53 Å². The molecule has 1 aromatic heterocycles. The SMILES string of the molecule is CCOC(=O)c1ccc(Nc2nncc(N3CCCCC3CC)n2)cc1. The van der Waals surface area contributed by atoms with Gasteiger partial charge in [-0.25, -0.2) is 4.79 Å². The summed E-state index contributed by atoms with van der Waals surface area (Å²) >= 11 is 0. The van der Waals surface area contributed by atoms with Crippen molar-refractivity contribution in [2.75, 3.05) is 23.4 Å². The maximum Gasteiger partial charge on any atom is 0.338 e.